The van der Waals surface area contributed by atoms with E-state index in [1.54, 1.807) is 36.4 Å². The van der Waals surface area contributed by atoms with Crippen molar-refractivity contribution in [2.45, 2.75) is 38.2 Å². The highest BCUT2D eigenvalue weighted by atomic mass is 32.2. The molecule has 2 heterocycles. The predicted molar refractivity (Wildman–Crippen MR) is 142 cm³/mol. The van der Waals surface area contributed by atoms with Crippen molar-refractivity contribution in [3.63, 3.8) is 0 Å². The molecule has 4 aromatic rings. The second-order valence-electron chi connectivity index (χ2n) is 9.31. The van der Waals surface area contributed by atoms with E-state index in [2.05, 4.69) is 0 Å². The molecular weight excluding hydrogens is 492 g/mol. The number of benzene rings is 3. The van der Waals surface area contributed by atoms with Crippen molar-refractivity contribution in [1.29, 1.82) is 0 Å². The Morgan fingerprint density at radius 2 is 1.73 bits per heavy atom. The molecule has 0 bridgehead atoms. The average molecular weight is 519 g/mol. The zero-order chi connectivity index (χ0) is 26.4. The summed E-state index contributed by atoms with van der Waals surface area (Å²) in [4.78, 5) is 13.6. The van der Waals surface area contributed by atoms with Crippen molar-refractivity contribution < 1.29 is 26.5 Å². The first kappa shape index (κ1) is 24.6. The lowest BCUT2D eigenvalue weighted by Gasteiger charge is -2.27. The van der Waals surface area contributed by atoms with E-state index in [0.717, 1.165) is 5.56 Å². The smallest absolute Gasteiger partial charge is 0.339 e. The van der Waals surface area contributed by atoms with Gasteiger partial charge in [0, 0.05) is 11.6 Å². The molecule has 0 unspecified atom stereocenters. The Morgan fingerprint density at radius 3 is 2.46 bits per heavy atom. The number of aryl methyl sites for hydroxylation is 1. The molecule has 190 valence electrons. The number of ether oxygens (including phenoxy) is 2. The van der Waals surface area contributed by atoms with Crippen molar-refractivity contribution in [2.24, 2.45) is 0 Å². The van der Waals surface area contributed by atoms with Gasteiger partial charge in [-0.1, -0.05) is 17.7 Å². The van der Waals surface area contributed by atoms with Crippen LogP contribution in [0, 0.1) is 6.92 Å². The van der Waals surface area contributed by atoms with Crippen molar-refractivity contribution in [2.75, 3.05) is 6.61 Å². The van der Waals surface area contributed by atoms with E-state index < -0.39 is 15.7 Å². The van der Waals surface area contributed by atoms with E-state index >= 15 is 0 Å². The second kappa shape index (κ2) is 9.12. The van der Waals surface area contributed by atoms with Crippen molar-refractivity contribution in [3.8, 4) is 28.4 Å². The monoisotopic (exact) mass is 518 g/mol. The number of hydrogen-bond donors (Lipinski definition) is 0. The largest absolute Gasteiger partial charge is 0.494 e. The van der Waals surface area contributed by atoms with E-state index in [1.165, 1.54) is 24.5 Å². The molecule has 0 atom stereocenters. The Morgan fingerprint density at radius 1 is 0.973 bits per heavy atom. The van der Waals surface area contributed by atoms with Crippen LogP contribution in [0.25, 0.3) is 28.2 Å². The summed E-state index contributed by atoms with van der Waals surface area (Å²) in [6.45, 7) is 7.93. The van der Waals surface area contributed by atoms with Crippen LogP contribution in [-0.4, -0.2) is 20.6 Å². The Bertz CT molecular complexity index is 1700. The minimum Gasteiger partial charge on any atom is -0.494 e. The Balaban J connectivity index is 1.63. The van der Waals surface area contributed by atoms with Gasteiger partial charge in [0.25, 0.3) is 0 Å². The van der Waals surface area contributed by atoms with Gasteiger partial charge in [0.1, 0.15) is 33.8 Å². The fourth-order valence-corrected chi connectivity index (χ4v) is 5.10. The molecule has 1 aliphatic heterocycles. The third-order valence-electron chi connectivity index (χ3n) is 6.03. The lowest BCUT2D eigenvalue weighted by atomic mass is 9.99. The molecule has 0 N–H and O–H groups in total. The zero-order valence-electron chi connectivity index (χ0n) is 20.9. The van der Waals surface area contributed by atoms with Crippen LogP contribution in [0.5, 0.6) is 17.2 Å². The van der Waals surface area contributed by atoms with E-state index in [0.29, 0.717) is 34.6 Å². The summed E-state index contributed by atoms with van der Waals surface area (Å²) < 4.78 is 49.2. The molecule has 1 aromatic heterocycles. The Hall–Kier alpha value is -4.04. The quantitative estimate of drug-likeness (QED) is 0.284. The highest BCUT2D eigenvalue weighted by Crippen LogP contribution is 2.38. The highest BCUT2D eigenvalue weighted by Gasteiger charge is 2.26. The minimum absolute atomic E-state index is 0.00209. The van der Waals surface area contributed by atoms with Crippen LogP contribution in [0.1, 0.15) is 31.9 Å². The lowest BCUT2D eigenvalue weighted by Crippen LogP contribution is -2.27. The standard InChI is InChI=1S/C29H26O7S/c1-5-33-19-8-11-21(26(16-19)36-37(31,32)20-9-6-18(2)7-10-20)24-17-34-28-22-14-15-29(3,4)35-25(22)13-12-23(28)27(24)30/h6-17H,5H2,1-4H3. The van der Waals surface area contributed by atoms with E-state index in [9.17, 15) is 13.2 Å². The Kier molecular flexibility index (Phi) is 6.07. The summed E-state index contributed by atoms with van der Waals surface area (Å²) >= 11 is 0. The predicted octanol–water partition coefficient (Wildman–Crippen LogP) is 6.12. The van der Waals surface area contributed by atoms with Gasteiger partial charge >= 0.3 is 10.1 Å². The molecule has 5 rings (SSSR count). The molecular formula is C29H26O7S. The van der Waals surface area contributed by atoms with Gasteiger partial charge in [-0.25, -0.2) is 0 Å². The van der Waals surface area contributed by atoms with Crippen LogP contribution in [0.4, 0.5) is 0 Å². The maximum absolute atomic E-state index is 13.6. The highest BCUT2D eigenvalue weighted by molar-refractivity contribution is 7.87. The molecule has 0 saturated heterocycles. The third-order valence-corrected chi connectivity index (χ3v) is 7.28. The summed E-state index contributed by atoms with van der Waals surface area (Å²) in [6, 6.07) is 14.4. The SMILES string of the molecule is CCOc1ccc(-c2coc3c4c(ccc3c2=O)OC(C)(C)C=C4)c(OS(=O)(=O)c2ccc(C)cc2)c1. The summed E-state index contributed by atoms with van der Waals surface area (Å²) in [7, 11) is -4.18. The molecule has 0 amide bonds. The van der Waals surface area contributed by atoms with Gasteiger partial charge in [-0.2, -0.15) is 8.42 Å². The molecule has 1 aliphatic rings. The normalized spacial score (nSPS) is 14.2. The fraction of sp³-hybridized carbons (Fsp3) is 0.207. The molecule has 0 saturated carbocycles. The van der Waals surface area contributed by atoms with Gasteiger partial charge in [0.15, 0.2) is 5.75 Å². The van der Waals surface area contributed by atoms with Crippen LogP contribution in [-0.2, 0) is 10.1 Å². The van der Waals surface area contributed by atoms with Crippen LogP contribution in [0.2, 0.25) is 0 Å². The van der Waals surface area contributed by atoms with Gasteiger partial charge in [-0.05, 0) is 76.2 Å². The first-order valence-corrected chi connectivity index (χ1v) is 13.2. The molecule has 0 fully saturated rings. The van der Waals surface area contributed by atoms with Gasteiger partial charge in [-0.15, -0.1) is 0 Å². The number of rotatable bonds is 6. The van der Waals surface area contributed by atoms with Crippen LogP contribution >= 0.6 is 0 Å². The maximum atomic E-state index is 13.6. The Labute approximate surface area is 215 Å². The minimum atomic E-state index is -4.18. The fourth-order valence-electron chi connectivity index (χ4n) is 4.16. The van der Waals surface area contributed by atoms with Crippen LogP contribution < -0.4 is 19.1 Å². The molecule has 8 heteroatoms. The third kappa shape index (κ3) is 4.72. The number of fused-ring (bicyclic) bond motifs is 3. The van der Waals surface area contributed by atoms with Gasteiger partial charge in [-0.3, -0.25) is 4.79 Å². The van der Waals surface area contributed by atoms with Gasteiger partial charge in [0.05, 0.1) is 23.1 Å². The van der Waals surface area contributed by atoms with E-state index in [1.807, 2.05) is 39.8 Å². The summed E-state index contributed by atoms with van der Waals surface area (Å²) in [5.74, 6) is 0.982. The maximum Gasteiger partial charge on any atom is 0.339 e. The second-order valence-corrected chi connectivity index (χ2v) is 10.9. The summed E-state index contributed by atoms with van der Waals surface area (Å²) in [5, 5.41) is 0.338. The molecule has 3 aromatic carbocycles. The van der Waals surface area contributed by atoms with Crippen molar-refractivity contribution in [1.82, 2.24) is 0 Å². The molecule has 0 spiro atoms. The summed E-state index contributed by atoms with van der Waals surface area (Å²) in [6.07, 6.45) is 5.10. The molecule has 7 nitrogen and oxygen atoms in total. The summed E-state index contributed by atoms with van der Waals surface area (Å²) in [5.41, 5.74) is 1.59. The molecule has 0 aliphatic carbocycles. The molecule has 37 heavy (non-hydrogen) atoms. The van der Waals surface area contributed by atoms with Crippen molar-refractivity contribution >= 4 is 27.2 Å². The van der Waals surface area contributed by atoms with Gasteiger partial charge < -0.3 is 18.1 Å². The van der Waals surface area contributed by atoms with E-state index in [-0.39, 0.29) is 27.2 Å². The van der Waals surface area contributed by atoms with Crippen molar-refractivity contribution in [3.05, 3.63) is 88.3 Å². The first-order chi connectivity index (χ1) is 17.6. The molecule has 0 radical (unpaired) electrons. The van der Waals surface area contributed by atoms with Gasteiger partial charge in [0.2, 0.25) is 5.43 Å². The zero-order valence-corrected chi connectivity index (χ0v) is 21.7. The average Bonchev–Trinajstić information content (AvgIpc) is 2.84. The van der Waals surface area contributed by atoms with E-state index in [4.69, 9.17) is 18.1 Å². The van der Waals surface area contributed by atoms with Crippen LogP contribution in [0.15, 0.2) is 81.0 Å². The lowest BCUT2D eigenvalue weighted by molar-refractivity contribution is 0.159. The first-order valence-electron chi connectivity index (χ1n) is 11.8. The van der Waals surface area contributed by atoms with Crippen LogP contribution in [0.3, 0.4) is 0 Å². The number of hydrogen-bond acceptors (Lipinski definition) is 7. The topological polar surface area (TPSA) is 92.0 Å².